The summed E-state index contributed by atoms with van der Waals surface area (Å²) in [7, 11) is 0. The fraction of sp³-hybridized carbons (Fsp3) is 0.217. The van der Waals surface area contributed by atoms with Crippen molar-refractivity contribution in [1.29, 1.82) is 0 Å². The summed E-state index contributed by atoms with van der Waals surface area (Å²) in [5.41, 5.74) is 3.47. The molecule has 0 aliphatic carbocycles. The Morgan fingerprint density at radius 1 is 1.11 bits per heavy atom. The molecule has 3 rings (SSSR count). The zero-order valence-electron chi connectivity index (χ0n) is 16.1. The van der Waals surface area contributed by atoms with Crippen LogP contribution in [0.5, 0.6) is 11.5 Å². The van der Waals surface area contributed by atoms with Gasteiger partial charge in [0.1, 0.15) is 11.5 Å². The number of aromatic hydroxyl groups is 1. The molecule has 28 heavy (non-hydrogen) atoms. The second-order valence-corrected chi connectivity index (χ2v) is 7.02. The Balaban J connectivity index is 1.60. The van der Waals surface area contributed by atoms with Crippen LogP contribution in [0, 0.1) is 5.92 Å². The minimum atomic E-state index is -0.465. The van der Waals surface area contributed by atoms with Crippen LogP contribution in [-0.2, 0) is 0 Å². The molecule has 5 nitrogen and oxygen atoms in total. The van der Waals surface area contributed by atoms with Crippen molar-refractivity contribution in [3.05, 3.63) is 71.8 Å². The Morgan fingerprint density at radius 2 is 1.79 bits per heavy atom. The first-order valence-electron chi connectivity index (χ1n) is 9.31. The van der Waals surface area contributed by atoms with Crippen LogP contribution in [0.4, 0.5) is 0 Å². The molecule has 0 heterocycles. The van der Waals surface area contributed by atoms with Gasteiger partial charge in [-0.15, -0.1) is 0 Å². The lowest BCUT2D eigenvalue weighted by molar-refractivity contribution is 0.0952. The number of nitrogens with zero attached hydrogens (tertiary/aromatic N) is 1. The zero-order chi connectivity index (χ0) is 19.9. The first-order valence-corrected chi connectivity index (χ1v) is 9.31. The number of hydrogen-bond donors (Lipinski definition) is 2. The fourth-order valence-corrected chi connectivity index (χ4v) is 2.70. The molecule has 2 N–H and O–H groups in total. The second kappa shape index (κ2) is 9.04. The van der Waals surface area contributed by atoms with Gasteiger partial charge in [-0.25, -0.2) is 5.43 Å². The van der Waals surface area contributed by atoms with Gasteiger partial charge in [0.15, 0.2) is 0 Å². The van der Waals surface area contributed by atoms with Crippen molar-refractivity contribution in [3.63, 3.8) is 0 Å². The number of hydrazone groups is 1. The largest absolute Gasteiger partial charge is 0.507 e. The Morgan fingerprint density at radius 3 is 2.46 bits per heavy atom. The van der Waals surface area contributed by atoms with Crippen molar-refractivity contribution in [2.75, 3.05) is 6.61 Å². The molecule has 0 bridgehead atoms. The maximum absolute atomic E-state index is 12.3. The van der Waals surface area contributed by atoms with Gasteiger partial charge >= 0.3 is 0 Å². The molecule has 3 aromatic carbocycles. The first kappa shape index (κ1) is 19.4. The van der Waals surface area contributed by atoms with Crippen molar-refractivity contribution in [2.45, 2.75) is 20.3 Å². The fourth-order valence-electron chi connectivity index (χ4n) is 2.70. The van der Waals surface area contributed by atoms with Crippen molar-refractivity contribution >= 4 is 22.9 Å². The topological polar surface area (TPSA) is 70.9 Å². The minimum absolute atomic E-state index is 0.0747. The van der Waals surface area contributed by atoms with Gasteiger partial charge in [0.05, 0.1) is 18.4 Å². The molecule has 0 saturated heterocycles. The average molecular weight is 376 g/mol. The van der Waals surface area contributed by atoms with Gasteiger partial charge in [-0.05, 0) is 65.1 Å². The van der Waals surface area contributed by atoms with Crippen LogP contribution in [0.3, 0.4) is 0 Å². The Labute approximate surface area is 164 Å². The van der Waals surface area contributed by atoms with E-state index in [0.29, 0.717) is 12.5 Å². The van der Waals surface area contributed by atoms with Gasteiger partial charge in [0.25, 0.3) is 5.91 Å². The van der Waals surface area contributed by atoms with E-state index in [0.717, 1.165) is 28.5 Å². The summed E-state index contributed by atoms with van der Waals surface area (Å²) in [5, 5.41) is 15.8. The van der Waals surface area contributed by atoms with Crippen LogP contribution < -0.4 is 10.2 Å². The highest BCUT2D eigenvalue weighted by molar-refractivity contribution is 6.01. The summed E-state index contributed by atoms with van der Waals surface area (Å²) >= 11 is 0. The number of phenolic OH excluding ortho intramolecular Hbond substituents is 1. The molecule has 0 aliphatic heterocycles. The van der Waals surface area contributed by atoms with Gasteiger partial charge < -0.3 is 9.84 Å². The van der Waals surface area contributed by atoms with E-state index in [1.165, 1.54) is 0 Å². The van der Waals surface area contributed by atoms with Crippen molar-refractivity contribution in [3.8, 4) is 11.5 Å². The van der Waals surface area contributed by atoms with Crippen LogP contribution in [0.1, 0.15) is 36.2 Å². The molecule has 0 saturated carbocycles. The normalized spacial score (nSPS) is 11.2. The summed E-state index contributed by atoms with van der Waals surface area (Å²) in [5.74, 6) is 0.877. The van der Waals surface area contributed by atoms with Gasteiger partial charge in [0, 0.05) is 0 Å². The summed E-state index contributed by atoms with van der Waals surface area (Å²) < 4.78 is 5.68. The number of fused-ring (bicyclic) bond motifs is 1. The minimum Gasteiger partial charge on any atom is -0.507 e. The van der Waals surface area contributed by atoms with E-state index in [4.69, 9.17) is 4.74 Å². The maximum atomic E-state index is 12.3. The number of hydrogen-bond acceptors (Lipinski definition) is 4. The SMILES string of the molecule is CC(C)CCOc1ccc(/C=N\NC(=O)c2cc3ccccc3cc2O)cc1. The lowest BCUT2D eigenvalue weighted by atomic mass is 10.1. The number of rotatable bonds is 7. The van der Waals surface area contributed by atoms with E-state index < -0.39 is 5.91 Å². The van der Waals surface area contributed by atoms with E-state index in [1.807, 2.05) is 48.5 Å². The zero-order valence-corrected chi connectivity index (χ0v) is 16.1. The second-order valence-electron chi connectivity index (χ2n) is 7.02. The smallest absolute Gasteiger partial charge is 0.275 e. The van der Waals surface area contributed by atoms with Crippen LogP contribution in [0.15, 0.2) is 65.8 Å². The molecule has 0 radical (unpaired) electrons. The average Bonchev–Trinajstić information content (AvgIpc) is 2.68. The number of carbonyl (C=O) groups excluding carboxylic acids is 1. The molecule has 5 heteroatoms. The first-order chi connectivity index (χ1) is 13.5. The van der Waals surface area contributed by atoms with Crippen LogP contribution >= 0.6 is 0 Å². The number of ether oxygens (including phenoxy) is 1. The van der Waals surface area contributed by atoms with Crippen LogP contribution in [0.2, 0.25) is 0 Å². The highest BCUT2D eigenvalue weighted by Gasteiger charge is 2.11. The number of carbonyl (C=O) groups is 1. The van der Waals surface area contributed by atoms with Crippen LogP contribution in [0.25, 0.3) is 10.8 Å². The third kappa shape index (κ3) is 5.10. The highest BCUT2D eigenvalue weighted by Crippen LogP contribution is 2.24. The molecule has 144 valence electrons. The lowest BCUT2D eigenvalue weighted by Crippen LogP contribution is -2.17. The molecule has 0 atom stereocenters. The molecule has 0 unspecified atom stereocenters. The van der Waals surface area contributed by atoms with Gasteiger partial charge in [-0.2, -0.15) is 5.10 Å². The highest BCUT2D eigenvalue weighted by atomic mass is 16.5. The van der Waals surface area contributed by atoms with Crippen LogP contribution in [-0.4, -0.2) is 23.8 Å². The Hall–Kier alpha value is -3.34. The van der Waals surface area contributed by atoms with E-state index in [1.54, 1.807) is 18.3 Å². The molecule has 0 fully saturated rings. The molecule has 0 aliphatic rings. The summed E-state index contributed by atoms with van der Waals surface area (Å²) in [4.78, 5) is 12.3. The number of phenols is 1. The van der Waals surface area contributed by atoms with Gasteiger partial charge in [-0.1, -0.05) is 38.1 Å². The van der Waals surface area contributed by atoms with Gasteiger partial charge in [-0.3, -0.25) is 4.79 Å². The monoisotopic (exact) mass is 376 g/mol. The molecule has 3 aromatic rings. The lowest BCUT2D eigenvalue weighted by Gasteiger charge is -2.08. The Kier molecular flexibility index (Phi) is 6.27. The summed E-state index contributed by atoms with van der Waals surface area (Å²) in [6.45, 7) is 5.01. The number of benzene rings is 3. The Bertz CT molecular complexity index is 979. The van der Waals surface area contributed by atoms with E-state index in [2.05, 4.69) is 24.4 Å². The molecule has 0 aromatic heterocycles. The molecule has 0 spiro atoms. The van der Waals surface area contributed by atoms with E-state index in [-0.39, 0.29) is 11.3 Å². The third-order valence-corrected chi connectivity index (χ3v) is 4.33. The molecule has 1 amide bonds. The summed E-state index contributed by atoms with van der Waals surface area (Å²) in [6.07, 6.45) is 2.56. The van der Waals surface area contributed by atoms with Crippen molar-refractivity contribution < 1.29 is 14.6 Å². The predicted octanol–water partition coefficient (Wildman–Crippen LogP) is 4.73. The number of nitrogens with one attached hydrogen (secondary N) is 1. The predicted molar refractivity (Wildman–Crippen MR) is 112 cm³/mol. The number of amides is 1. The summed E-state index contributed by atoms with van der Waals surface area (Å²) in [6, 6.07) is 18.2. The maximum Gasteiger partial charge on any atom is 0.275 e. The van der Waals surface area contributed by atoms with Crippen molar-refractivity contribution in [1.82, 2.24) is 5.43 Å². The van der Waals surface area contributed by atoms with Gasteiger partial charge in [0.2, 0.25) is 0 Å². The third-order valence-electron chi connectivity index (χ3n) is 4.33. The van der Waals surface area contributed by atoms with E-state index in [9.17, 15) is 9.90 Å². The quantitative estimate of drug-likeness (QED) is 0.462. The molecular formula is C23H24N2O3. The van der Waals surface area contributed by atoms with E-state index >= 15 is 0 Å². The van der Waals surface area contributed by atoms with Crippen molar-refractivity contribution in [2.24, 2.45) is 11.0 Å². The molecular weight excluding hydrogens is 352 g/mol. The standard InChI is InChI=1S/C23H24N2O3/c1-16(2)11-12-28-20-9-7-17(8-10-20)15-24-25-23(27)21-13-18-5-3-4-6-19(18)14-22(21)26/h3-10,13-16,26H,11-12H2,1-2H3,(H,25,27)/b24-15-.